The van der Waals surface area contributed by atoms with E-state index in [0.717, 1.165) is 0 Å². The molecule has 0 aliphatic carbocycles. The Morgan fingerprint density at radius 1 is 1.00 bits per heavy atom. The molecule has 0 spiro atoms. The third-order valence-corrected chi connectivity index (χ3v) is 3.08. The van der Waals surface area contributed by atoms with Gasteiger partial charge in [-0.15, -0.1) is 0 Å². The molecule has 1 heterocycles. The maximum atomic E-state index is 12.3. The van der Waals surface area contributed by atoms with Crippen molar-refractivity contribution in [2.75, 3.05) is 7.11 Å². The van der Waals surface area contributed by atoms with E-state index in [9.17, 15) is 20.1 Å². The Labute approximate surface area is 112 Å². The van der Waals surface area contributed by atoms with Gasteiger partial charge in [-0.25, -0.2) is 0 Å². The highest BCUT2D eigenvalue weighted by molar-refractivity contribution is 5.97. The molecule has 0 amide bonds. The highest BCUT2D eigenvalue weighted by Crippen LogP contribution is 2.35. The van der Waals surface area contributed by atoms with E-state index in [1.54, 1.807) is 0 Å². The van der Waals surface area contributed by atoms with Crippen LogP contribution in [0, 0.1) is 0 Å². The van der Waals surface area contributed by atoms with Crippen molar-refractivity contribution in [2.24, 2.45) is 0 Å². The van der Waals surface area contributed by atoms with Crippen molar-refractivity contribution in [2.45, 2.75) is 0 Å². The first-order chi connectivity index (χ1) is 9.52. The highest BCUT2D eigenvalue weighted by atomic mass is 16.5. The SMILES string of the molecule is COc1cc(O)c2c(=O)c3c(O)c(O)ccc3oc2c1. The van der Waals surface area contributed by atoms with Gasteiger partial charge in [0.05, 0.1) is 7.11 Å². The second-order valence-electron chi connectivity index (χ2n) is 4.26. The first-order valence-electron chi connectivity index (χ1n) is 5.71. The van der Waals surface area contributed by atoms with Crippen molar-refractivity contribution in [3.05, 3.63) is 34.5 Å². The molecular formula is C14H10O6. The number of aromatic hydroxyl groups is 3. The number of rotatable bonds is 1. The molecule has 0 saturated heterocycles. The minimum absolute atomic E-state index is 0.0841. The van der Waals surface area contributed by atoms with Crippen LogP contribution in [-0.2, 0) is 0 Å². The Bertz CT molecular complexity index is 894. The van der Waals surface area contributed by atoms with E-state index in [4.69, 9.17) is 9.15 Å². The lowest BCUT2D eigenvalue weighted by Gasteiger charge is -2.07. The van der Waals surface area contributed by atoms with E-state index in [0.29, 0.717) is 5.75 Å². The van der Waals surface area contributed by atoms with E-state index >= 15 is 0 Å². The Balaban J connectivity index is 2.58. The predicted octanol–water partition coefficient (Wildman–Crippen LogP) is 2.07. The van der Waals surface area contributed by atoms with Gasteiger partial charge >= 0.3 is 0 Å². The van der Waals surface area contributed by atoms with Crippen LogP contribution in [0.1, 0.15) is 0 Å². The maximum Gasteiger partial charge on any atom is 0.208 e. The van der Waals surface area contributed by atoms with Gasteiger partial charge in [-0.1, -0.05) is 0 Å². The highest BCUT2D eigenvalue weighted by Gasteiger charge is 2.17. The lowest BCUT2D eigenvalue weighted by molar-refractivity contribution is 0.406. The summed E-state index contributed by atoms with van der Waals surface area (Å²) in [6.45, 7) is 0. The van der Waals surface area contributed by atoms with E-state index in [1.165, 1.54) is 31.4 Å². The van der Waals surface area contributed by atoms with Gasteiger partial charge in [0, 0.05) is 12.1 Å². The van der Waals surface area contributed by atoms with Gasteiger partial charge in [-0.2, -0.15) is 0 Å². The van der Waals surface area contributed by atoms with Gasteiger partial charge in [-0.3, -0.25) is 4.79 Å². The van der Waals surface area contributed by atoms with Crippen LogP contribution >= 0.6 is 0 Å². The van der Waals surface area contributed by atoms with Gasteiger partial charge in [0.15, 0.2) is 11.5 Å². The molecule has 20 heavy (non-hydrogen) atoms. The third kappa shape index (κ3) is 1.55. The zero-order valence-corrected chi connectivity index (χ0v) is 10.4. The molecule has 6 heteroatoms. The molecule has 0 radical (unpaired) electrons. The van der Waals surface area contributed by atoms with Crippen LogP contribution in [0.3, 0.4) is 0 Å². The molecule has 2 aromatic carbocycles. The lowest BCUT2D eigenvalue weighted by Crippen LogP contribution is -2.03. The predicted molar refractivity (Wildman–Crippen MR) is 71.5 cm³/mol. The quantitative estimate of drug-likeness (QED) is 0.464. The number of hydrogen-bond donors (Lipinski definition) is 3. The van der Waals surface area contributed by atoms with Crippen molar-refractivity contribution < 1.29 is 24.5 Å². The first kappa shape index (κ1) is 12.2. The number of benzene rings is 2. The van der Waals surface area contributed by atoms with Crippen LogP contribution in [0.4, 0.5) is 0 Å². The minimum Gasteiger partial charge on any atom is -0.507 e. The molecule has 3 rings (SSSR count). The average molecular weight is 274 g/mol. The summed E-state index contributed by atoms with van der Waals surface area (Å²) in [6.07, 6.45) is 0. The standard InChI is InChI=1S/C14H10O6/c1-19-6-4-8(16)11-10(5-6)20-9-3-2-7(15)13(17)12(9)14(11)18/h2-5,15-17H,1H3. The third-order valence-electron chi connectivity index (χ3n) is 3.08. The second kappa shape index (κ2) is 4.06. The van der Waals surface area contributed by atoms with Crippen molar-refractivity contribution in [3.63, 3.8) is 0 Å². The zero-order chi connectivity index (χ0) is 14.4. The number of hydrogen-bond acceptors (Lipinski definition) is 6. The molecule has 102 valence electrons. The Morgan fingerprint density at radius 2 is 1.75 bits per heavy atom. The first-order valence-corrected chi connectivity index (χ1v) is 5.71. The monoisotopic (exact) mass is 274 g/mol. The van der Waals surface area contributed by atoms with Crippen molar-refractivity contribution in [1.29, 1.82) is 0 Å². The van der Waals surface area contributed by atoms with Gasteiger partial charge in [0.2, 0.25) is 5.43 Å². The number of ether oxygens (including phenoxy) is 1. The number of fused-ring (bicyclic) bond motifs is 2. The topological polar surface area (TPSA) is 100 Å². The van der Waals surface area contributed by atoms with Crippen molar-refractivity contribution in [3.8, 4) is 23.0 Å². The fraction of sp³-hybridized carbons (Fsp3) is 0.0714. The Hall–Kier alpha value is -2.89. The molecular weight excluding hydrogens is 264 g/mol. The van der Waals surface area contributed by atoms with Gasteiger partial charge in [0.1, 0.15) is 33.4 Å². The molecule has 0 saturated carbocycles. The smallest absolute Gasteiger partial charge is 0.208 e. The summed E-state index contributed by atoms with van der Waals surface area (Å²) in [6, 6.07) is 5.30. The van der Waals surface area contributed by atoms with Crippen LogP contribution in [-0.4, -0.2) is 22.4 Å². The second-order valence-corrected chi connectivity index (χ2v) is 4.26. The van der Waals surface area contributed by atoms with E-state index in [1.807, 2.05) is 0 Å². The lowest BCUT2D eigenvalue weighted by atomic mass is 10.1. The summed E-state index contributed by atoms with van der Waals surface area (Å²) in [4.78, 5) is 12.3. The van der Waals surface area contributed by atoms with Crippen LogP contribution in [0.25, 0.3) is 21.9 Å². The molecule has 1 aromatic heterocycles. The molecule has 3 N–H and O–H groups in total. The van der Waals surface area contributed by atoms with Gasteiger partial charge < -0.3 is 24.5 Å². The summed E-state index contributed by atoms with van der Waals surface area (Å²) < 4.78 is 10.5. The molecule has 0 fully saturated rings. The molecule has 0 aliphatic heterocycles. The average Bonchev–Trinajstić information content (AvgIpc) is 2.42. The van der Waals surface area contributed by atoms with Crippen molar-refractivity contribution in [1.82, 2.24) is 0 Å². The van der Waals surface area contributed by atoms with E-state index in [-0.39, 0.29) is 27.7 Å². The summed E-state index contributed by atoms with van der Waals surface area (Å²) in [5, 5.41) is 28.9. The summed E-state index contributed by atoms with van der Waals surface area (Å²) in [7, 11) is 1.42. The number of phenols is 3. The van der Waals surface area contributed by atoms with Gasteiger partial charge in [0.25, 0.3) is 0 Å². The molecule has 0 bridgehead atoms. The van der Waals surface area contributed by atoms with Gasteiger partial charge in [-0.05, 0) is 12.1 Å². The summed E-state index contributed by atoms with van der Waals surface area (Å²) in [5.74, 6) is -0.997. The molecule has 0 atom stereocenters. The summed E-state index contributed by atoms with van der Waals surface area (Å²) >= 11 is 0. The van der Waals surface area contributed by atoms with Crippen LogP contribution < -0.4 is 10.2 Å². The van der Waals surface area contributed by atoms with E-state index in [2.05, 4.69) is 0 Å². The summed E-state index contributed by atoms with van der Waals surface area (Å²) in [5.41, 5.74) is -0.398. The molecule has 3 aromatic rings. The van der Waals surface area contributed by atoms with Crippen LogP contribution in [0.5, 0.6) is 23.0 Å². The van der Waals surface area contributed by atoms with Crippen LogP contribution in [0.15, 0.2) is 33.5 Å². The van der Waals surface area contributed by atoms with E-state index < -0.39 is 16.9 Å². The molecule has 0 aliphatic rings. The Kier molecular flexibility index (Phi) is 2.47. The molecule has 0 unspecified atom stereocenters. The zero-order valence-electron chi connectivity index (χ0n) is 10.4. The number of phenolic OH excluding ortho intramolecular Hbond substituents is 3. The molecule has 6 nitrogen and oxygen atoms in total. The Morgan fingerprint density at radius 3 is 2.45 bits per heavy atom. The largest absolute Gasteiger partial charge is 0.507 e. The van der Waals surface area contributed by atoms with Crippen LogP contribution in [0.2, 0.25) is 0 Å². The fourth-order valence-corrected chi connectivity index (χ4v) is 2.11. The normalized spacial score (nSPS) is 11.1. The fourth-order valence-electron chi connectivity index (χ4n) is 2.11. The van der Waals surface area contributed by atoms with Crippen molar-refractivity contribution >= 4 is 21.9 Å². The minimum atomic E-state index is -0.630. The number of methoxy groups -OCH3 is 1. The maximum absolute atomic E-state index is 12.3.